The molecule has 118 valence electrons. The summed E-state index contributed by atoms with van der Waals surface area (Å²) in [5, 5.41) is 12.0. The first-order chi connectivity index (χ1) is 10.4. The fourth-order valence-electron chi connectivity index (χ4n) is 3.37. The number of carboxylic acid groups (broad SMARTS) is 1. The number of benzene rings is 1. The van der Waals surface area contributed by atoms with Gasteiger partial charge in [0.2, 0.25) is 5.91 Å². The van der Waals surface area contributed by atoms with Gasteiger partial charge in [-0.15, -0.1) is 0 Å². The summed E-state index contributed by atoms with van der Waals surface area (Å²) in [6.45, 7) is 0. The molecule has 0 spiro atoms. The summed E-state index contributed by atoms with van der Waals surface area (Å²) in [6, 6.07) is 3.62. The van der Waals surface area contributed by atoms with Crippen molar-refractivity contribution in [2.75, 3.05) is 0 Å². The van der Waals surface area contributed by atoms with E-state index in [9.17, 15) is 23.5 Å². The SMILES string of the molecule is O=C(NC1(C(=O)O)CCCC1)C1CC1c1c(F)cccc1F. The van der Waals surface area contributed by atoms with Crippen molar-refractivity contribution >= 4 is 11.9 Å². The Labute approximate surface area is 126 Å². The Morgan fingerprint density at radius 1 is 1.18 bits per heavy atom. The Bertz CT molecular complexity index is 606. The molecule has 6 heteroatoms. The summed E-state index contributed by atoms with van der Waals surface area (Å²) >= 11 is 0. The number of carbonyl (C=O) groups is 2. The van der Waals surface area contributed by atoms with Gasteiger partial charge in [-0.05, 0) is 31.4 Å². The van der Waals surface area contributed by atoms with Crippen LogP contribution in [0.1, 0.15) is 43.6 Å². The largest absolute Gasteiger partial charge is 0.480 e. The average Bonchev–Trinajstić information content (AvgIpc) is 3.09. The molecule has 1 amide bonds. The number of halogens is 2. The van der Waals surface area contributed by atoms with Crippen LogP contribution in [0.3, 0.4) is 0 Å². The van der Waals surface area contributed by atoms with E-state index in [4.69, 9.17) is 0 Å². The Kier molecular flexibility index (Phi) is 3.62. The number of hydrogen-bond acceptors (Lipinski definition) is 2. The zero-order valence-corrected chi connectivity index (χ0v) is 11.9. The zero-order valence-electron chi connectivity index (χ0n) is 11.9. The van der Waals surface area contributed by atoms with Crippen LogP contribution >= 0.6 is 0 Å². The van der Waals surface area contributed by atoms with Gasteiger partial charge in [-0.1, -0.05) is 18.9 Å². The van der Waals surface area contributed by atoms with Gasteiger partial charge in [0.25, 0.3) is 0 Å². The van der Waals surface area contributed by atoms with E-state index >= 15 is 0 Å². The third-order valence-corrected chi connectivity index (χ3v) is 4.73. The molecular formula is C16H17F2NO3. The number of carboxylic acids is 1. The first kappa shape index (κ1) is 14.9. The smallest absolute Gasteiger partial charge is 0.329 e. The second-order valence-corrected chi connectivity index (χ2v) is 6.17. The maximum absolute atomic E-state index is 13.7. The van der Waals surface area contributed by atoms with Gasteiger partial charge in [-0.25, -0.2) is 13.6 Å². The molecule has 0 saturated heterocycles. The summed E-state index contributed by atoms with van der Waals surface area (Å²) in [6.07, 6.45) is 2.66. The lowest BCUT2D eigenvalue weighted by Gasteiger charge is -2.25. The lowest BCUT2D eigenvalue weighted by atomic mass is 9.97. The van der Waals surface area contributed by atoms with Crippen LogP contribution in [0.5, 0.6) is 0 Å². The number of carbonyl (C=O) groups excluding carboxylic acids is 1. The highest BCUT2D eigenvalue weighted by molar-refractivity contribution is 5.90. The summed E-state index contributed by atoms with van der Waals surface area (Å²) in [5.41, 5.74) is -1.28. The van der Waals surface area contributed by atoms with E-state index in [1.807, 2.05) is 0 Å². The lowest BCUT2D eigenvalue weighted by Crippen LogP contribution is -2.53. The summed E-state index contributed by atoms with van der Waals surface area (Å²) in [4.78, 5) is 23.7. The lowest BCUT2D eigenvalue weighted by molar-refractivity contribution is -0.147. The van der Waals surface area contributed by atoms with Crippen LogP contribution in [-0.2, 0) is 9.59 Å². The molecule has 2 N–H and O–H groups in total. The molecule has 2 atom stereocenters. The first-order valence-corrected chi connectivity index (χ1v) is 7.44. The second kappa shape index (κ2) is 5.34. The van der Waals surface area contributed by atoms with E-state index in [1.54, 1.807) is 0 Å². The van der Waals surface area contributed by atoms with E-state index in [0.717, 1.165) is 12.8 Å². The summed E-state index contributed by atoms with van der Waals surface area (Å²) in [5.74, 6) is -3.83. The maximum atomic E-state index is 13.7. The van der Waals surface area contributed by atoms with Gasteiger partial charge in [-0.3, -0.25) is 4.79 Å². The highest BCUT2D eigenvalue weighted by Gasteiger charge is 2.50. The third-order valence-electron chi connectivity index (χ3n) is 4.73. The summed E-state index contributed by atoms with van der Waals surface area (Å²) < 4.78 is 27.4. The minimum atomic E-state index is -1.21. The van der Waals surface area contributed by atoms with Gasteiger partial charge in [0.05, 0.1) is 0 Å². The first-order valence-electron chi connectivity index (χ1n) is 7.44. The molecule has 2 aliphatic rings. The Morgan fingerprint density at radius 3 is 2.32 bits per heavy atom. The number of nitrogens with one attached hydrogen (secondary N) is 1. The van der Waals surface area contributed by atoms with Crippen LogP contribution in [0.2, 0.25) is 0 Å². The van der Waals surface area contributed by atoms with Crippen molar-refractivity contribution in [2.45, 2.75) is 43.6 Å². The van der Waals surface area contributed by atoms with Gasteiger partial charge in [-0.2, -0.15) is 0 Å². The predicted octanol–water partition coefficient (Wildman–Crippen LogP) is 2.58. The molecule has 1 aromatic carbocycles. The van der Waals surface area contributed by atoms with Gasteiger partial charge in [0.1, 0.15) is 17.2 Å². The third kappa shape index (κ3) is 2.46. The number of amides is 1. The van der Waals surface area contributed by atoms with Crippen molar-refractivity contribution in [3.8, 4) is 0 Å². The van der Waals surface area contributed by atoms with Crippen molar-refractivity contribution in [3.63, 3.8) is 0 Å². The fraction of sp³-hybridized carbons (Fsp3) is 0.500. The number of aliphatic carboxylic acids is 1. The van der Waals surface area contributed by atoms with Crippen LogP contribution in [0.4, 0.5) is 8.78 Å². The standard InChI is InChI=1S/C16H17F2NO3/c17-11-4-3-5-12(18)13(11)9-8-10(9)14(20)19-16(15(21)22)6-1-2-7-16/h3-5,9-10H,1-2,6-8H2,(H,19,20)(H,21,22). The molecule has 1 aromatic rings. The highest BCUT2D eigenvalue weighted by atomic mass is 19.1. The predicted molar refractivity (Wildman–Crippen MR) is 74.2 cm³/mol. The molecule has 4 nitrogen and oxygen atoms in total. The monoisotopic (exact) mass is 309 g/mol. The molecule has 22 heavy (non-hydrogen) atoms. The molecule has 0 radical (unpaired) electrons. The van der Waals surface area contributed by atoms with E-state index in [1.165, 1.54) is 18.2 Å². The Hall–Kier alpha value is -1.98. The van der Waals surface area contributed by atoms with Gasteiger partial charge >= 0.3 is 5.97 Å². The van der Waals surface area contributed by atoms with Crippen LogP contribution in [0, 0.1) is 17.6 Å². The molecule has 3 rings (SSSR count). The van der Waals surface area contributed by atoms with Gasteiger partial charge in [0.15, 0.2) is 0 Å². The number of hydrogen-bond donors (Lipinski definition) is 2. The Balaban J connectivity index is 1.72. The van der Waals surface area contributed by atoms with Crippen molar-refractivity contribution < 1.29 is 23.5 Å². The molecule has 2 aliphatic carbocycles. The van der Waals surface area contributed by atoms with E-state index in [2.05, 4.69) is 5.32 Å². The molecular weight excluding hydrogens is 292 g/mol. The van der Waals surface area contributed by atoms with Crippen LogP contribution in [0.15, 0.2) is 18.2 Å². The van der Waals surface area contributed by atoms with Crippen molar-refractivity contribution in [1.29, 1.82) is 0 Å². The quantitative estimate of drug-likeness (QED) is 0.898. The van der Waals surface area contributed by atoms with Crippen molar-refractivity contribution in [3.05, 3.63) is 35.4 Å². The normalized spacial score (nSPS) is 25.7. The average molecular weight is 309 g/mol. The molecule has 2 fully saturated rings. The van der Waals surface area contributed by atoms with Crippen molar-refractivity contribution in [1.82, 2.24) is 5.32 Å². The molecule has 2 unspecified atom stereocenters. The topological polar surface area (TPSA) is 66.4 Å². The van der Waals surface area contributed by atoms with E-state index < -0.39 is 40.9 Å². The van der Waals surface area contributed by atoms with Crippen LogP contribution in [0.25, 0.3) is 0 Å². The maximum Gasteiger partial charge on any atom is 0.329 e. The molecule has 0 heterocycles. The summed E-state index contributed by atoms with van der Waals surface area (Å²) in [7, 11) is 0. The van der Waals surface area contributed by atoms with Crippen LogP contribution in [-0.4, -0.2) is 22.5 Å². The molecule has 2 saturated carbocycles. The fourth-order valence-corrected chi connectivity index (χ4v) is 3.37. The molecule has 0 bridgehead atoms. The minimum Gasteiger partial charge on any atom is -0.480 e. The van der Waals surface area contributed by atoms with Gasteiger partial charge < -0.3 is 10.4 Å². The molecule has 0 aromatic heterocycles. The van der Waals surface area contributed by atoms with Crippen LogP contribution < -0.4 is 5.32 Å². The zero-order chi connectivity index (χ0) is 15.9. The number of rotatable bonds is 4. The van der Waals surface area contributed by atoms with E-state index in [0.29, 0.717) is 19.3 Å². The van der Waals surface area contributed by atoms with E-state index in [-0.39, 0.29) is 5.56 Å². The van der Waals surface area contributed by atoms with Crippen molar-refractivity contribution in [2.24, 2.45) is 5.92 Å². The Morgan fingerprint density at radius 2 is 1.77 bits per heavy atom. The second-order valence-electron chi connectivity index (χ2n) is 6.17. The minimum absolute atomic E-state index is 0.0709. The molecule has 0 aliphatic heterocycles. The highest BCUT2D eigenvalue weighted by Crippen LogP contribution is 2.49. The van der Waals surface area contributed by atoms with Gasteiger partial charge in [0, 0.05) is 17.4 Å².